The molecule has 0 aliphatic carbocycles. The Morgan fingerprint density at radius 2 is 2.44 bits per heavy atom. The van der Waals surface area contributed by atoms with Crippen molar-refractivity contribution in [1.29, 1.82) is 0 Å². The van der Waals surface area contributed by atoms with E-state index in [0.717, 1.165) is 37.9 Å². The summed E-state index contributed by atoms with van der Waals surface area (Å²) in [7, 11) is 0. The molecular weight excluding hydrogens is 246 g/mol. The smallest absolute Gasteiger partial charge is 0.185 e. The van der Waals surface area contributed by atoms with Crippen LogP contribution in [-0.4, -0.2) is 37.3 Å². The molecule has 0 amide bonds. The van der Waals surface area contributed by atoms with Crippen LogP contribution in [0.25, 0.3) is 0 Å². The van der Waals surface area contributed by atoms with Gasteiger partial charge in [-0.05, 0) is 26.3 Å². The van der Waals surface area contributed by atoms with Gasteiger partial charge in [0.05, 0.1) is 6.10 Å². The van der Waals surface area contributed by atoms with Crippen molar-refractivity contribution in [1.82, 2.24) is 10.3 Å². The molecule has 0 saturated carbocycles. The molecule has 1 aromatic rings. The second-order valence-corrected chi connectivity index (χ2v) is 5.65. The molecule has 0 bridgehead atoms. The van der Waals surface area contributed by atoms with Gasteiger partial charge in [0.1, 0.15) is 0 Å². The Labute approximate surface area is 113 Å². The highest BCUT2D eigenvalue weighted by Gasteiger charge is 2.22. The highest BCUT2D eigenvalue weighted by Crippen LogP contribution is 2.26. The van der Waals surface area contributed by atoms with Crippen LogP contribution in [0.3, 0.4) is 0 Å². The number of hydrogen-bond donors (Lipinski definition) is 1. The van der Waals surface area contributed by atoms with E-state index < -0.39 is 0 Å². The van der Waals surface area contributed by atoms with Gasteiger partial charge < -0.3 is 15.0 Å². The van der Waals surface area contributed by atoms with Crippen LogP contribution in [0.2, 0.25) is 0 Å². The second kappa shape index (κ2) is 7.07. The van der Waals surface area contributed by atoms with Gasteiger partial charge >= 0.3 is 0 Å². The van der Waals surface area contributed by atoms with E-state index in [1.165, 1.54) is 17.7 Å². The van der Waals surface area contributed by atoms with E-state index in [-0.39, 0.29) is 0 Å². The first-order valence-corrected chi connectivity index (χ1v) is 7.67. The predicted molar refractivity (Wildman–Crippen MR) is 76.4 cm³/mol. The predicted octanol–water partition coefficient (Wildman–Crippen LogP) is 2.26. The van der Waals surface area contributed by atoms with Crippen LogP contribution in [0.15, 0.2) is 6.20 Å². The van der Waals surface area contributed by atoms with Crippen LogP contribution in [-0.2, 0) is 11.3 Å². The standard InChI is InChI=1S/C13H23N3OS/c1-3-14-8-12-9-15-13(18-12)16-7-5-6-11(10-16)17-4-2/h9,11,14H,3-8,10H2,1-2H3. The van der Waals surface area contributed by atoms with Crippen molar-refractivity contribution in [3.05, 3.63) is 11.1 Å². The van der Waals surface area contributed by atoms with Crippen molar-refractivity contribution < 1.29 is 4.74 Å². The third-order valence-corrected chi connectivity index (χ3v) is 4.20. The summed E-state index contributed by atoms with van der Waals surface area (Å²) in [4.78, 5) is 8.21. The fraction of sp³-hybridized carbons (Fsp3) is 0.769. The molecule has 1 atom stereocenters. The minimum atomic E-state index is 0.380. The fourth-order valence-corrected chi connectivity index (χ4v) is 3.17. The Balaban J connectivity index is 1.91. The molecule has 5 heteroatoms. The quantitative estimate of drug-likeness (QED) is 0.859. The number of nitrogens with zero attached hydrogens (tertiary/aromatic N) is 2. The van der Waals surface area contributed by atoms with Crippen LogP contribution in [0, 0.1) is 0 Å². The number of hydrogen-bond acceptors (Lipinski definition) is 5. The number of ether oxygens (including phenoxy) is 1. The molecule has 0 spiro atoms. The Morgan fingerprint density at radius 3 is 3.22 bits per heavy atom. The Bertz CT molecular complexity index is 354. The van der Waals surface area contributed by atoms with Gasteiger partial charge in [0.15, 0.2) is 5.13 Å². The molecule has 1 saturated heterocycles. The topological polar surface area (TPSA) is 37.4 Å². The number of piperidine rings is 1. The summed E-state index contributed by atoms with van der Waals surface area (Å²) < 4.78 is 5.73. The van der Waals surface area contributed by atoms with Crippen LogP contribution >= 0.6 is 11.3 Å². The number of nitrogens with one attached hydrogen (secondary N) is 1. The van der Waals surface area contributed by atoms with Gasteiger partial charge in [0.2, 0.25) is 0 Å². The van der Waals surface area contributed by atoms with Crippen LogP contribution in [0.5, 0.6) is 0 Å². The number of rotatable bonds is 6. The molecule has 1 unspecified atom stereocenters. The minimum absolute atomic E-state index is 0.380. The molecule has 102 valence electrons. The van der Waals surface area contributed by atoms with Gasteiger partial charge in [-0.3, -0.25) is 0 Å². The number of aromatic nitrogens is 1. The highest BCUT2D eigenvalue weighted by molar-refractivity contribution is 7.15. The largest absolute Gasteiger partial charge is 0.377 e. The minimum Gasteiger partial charge on any atom is -0.377 e. The van der Waals surface area contributed by atoms with Crippen LogP contribution in [0.4, 0.5) is 5.13 Å². The van der Waals surface area contributed by atoms with E-state index >= 15 is 0 Å². The van der Waals surface area contributed by atoms with Crippen molar-refractivity contribution >= 4 is 16.5 Å². The lowest BCUT2D eigenvalue weighted by atomic mass is 10.1. The van der Waals surface area contributed by atoms with Crippen molar-refractivity contribution in [2.45, 2.75) is 39.3 Å². The maximum atomic E-state index is 5.73. The molecule has 1 aliphatic heterocycles. The molecule has 1 fully saturated rings. The summed E-state index contributed by atoms with van der Waals surface area (Å²) in [5.74, 6) is 0. The average Bonchev–Trinajstić information content (AvgIpc) is 2.86. The maximum absolute atomic E-state index is 5.73. The summed E-state index contributed by atoms with van der Waals surface area (Å²) in [5.41, 5.74) is 0. The van der Waals surface area contributed by atoms with Gasteiger partial charge in [-0.2, -0.15) is 0 Å². The Morgan fingerprint density at radius 1 is 1.56 bits per heavy atom. The third kappa shape index (κ3) is 3.67. The van der Waals surface area contributed by atoms with Crippen LogP contribution < -0.4 is 10.2 Å². The van der Waals surface area contributed by atoms with Gasteiger partial charge in [-0.25, -0.2) is 4.98 Å². The number of thiazole rings is 1. The lowest BCUT2D eigenvalue weighted by molar-refractivity contribution is 0.0526. The van der Waals surface area contributed by atoms with Crippen molar-refractivity contribution in [3.63, 3.8) is 0 Å². The second-order valence-electron chi connectivity index (χ2n) is 4.56. The molecule has 4 nitrogen and oxygen atoms in total. The summed E-state index contributed by atoms with van der Waals surface area (Å²) in [6.45, 7) is 9.03. The van der Waals surface area contributed by atoms with E-state index in [9.17, 15) is 0 Å². The lowest BCUT2D eigenvalue weighted by Crippen LogP contribution is -2.39. The third-order valence-electron chi connectivity index (χ3n) is 3.14. The molecule has 1 aliphatic rings. The van der Waals surface area contributed by atoms with Crippen molar-refractivity contribution in [2.24, 2.45) is 0 Å². The van der Waals surface area contributed by atoms with Crippen molar-refractivity contribution in [2.75, 3.05) is 31.1 Å². The molecule has 2 rings (SSSR count). The first-order valence-electron chi connectivity index (χ1n) is 6.85. The van der Waals surface area contributed by atoms with E-state index in [2.05, 4.69) is 29.0 Å². The zero-order chi connectivity index (χ0) is 12.8. The Kier molecular flexibility index (Phi) is 5.41. The van der Waals surface area contributed by atoms with Gasteiger partial charge in [0, 0.05) is 37.3 Å². The lowest BCUT2D eigenvalue weighted by Gasteiger charge is -2.32. The molecule has 1 aromatic heterocycles. The first kappa shape index (κ1) is 13.8. The zero-order valence-electron chi connectivity index (χ0n) is 11.3. The van der Waals surface area contributed by atoms with Crippen LogP contribution in [0.1, 0.15) is 31.6 Å². The summed E-state index contributed by atoms with van der Waals surface area (Å²) in [6.07, 6.45) is 4.75. The van der Waals surface area contributed by atoms with Gasteiger partial charge in [-0.15, -0.1) is 11.3 Å². The zero-order valence-corrected chi connectivity index (χ0v) is 12.1. The van der Waals surface area contributed by atoms with Crippen molar-refractivity contribution in [3.8, 4) is 0 Å². The average molecular weight is 269 g/mol. The van der Waals surface area contributed by atoms with Gasteiger partial charge in [0.25, 0.3) is 0 Å². The Hall–Kier alpha value is -0.650. The maximum Gasteiger partial charge on any atom is 0.185 e. The normalized spacial score (nSPS) is 20.3. The number of anilines is 1. The monoisotopic (exact) mass is 269 g/mol. The fourth-order valence-electron chi connectivity index (χ4n) is 2.26. The van der Waals surface area contributed by atoms with Gasteiger partial charge in [-0.1, -0.05) is 6.92 Å². The van der Waals surface area contributed by atoms with E-state index in [1.54, 1.807) is 11.3 Å². The summed E-state index contributed by atoms with van der Waals surface area (Å²) in [6, 6.07) is 0. The molecule has 2 heterocycles. The summed E-state index contributed by atoms with van der Waals surface area (Å²) in [5, 5.41) is 4.48. The SMILES string of the molecule is CCNCc1cnc(N2CCCC(OCC)C2)s1. The molecule has 0 radical (unpaired) electrons. The summed E-state index contributed by atoms with van der Waals surface area (Å²) >= 11 is 1.80. The van der Waals surface area contributed by atoms with E-state index in [1.807, 2.05) is 6.20 Å². The molecule has 18 heavy (non-hydrogen) atoms. The molecule has 0 aromatic carbocycles. The first-order chi connectivity index (χ1) is 8.83. The van der Waals surface area contributed by atoms with E-state index in [4.69, 9.17) is 4.74 Å². The molecule has 1 N–H and O–H groups in total. The molecular formula is C13H23N3OS. The highest BCUT2D eigenvalue weighted by atomic mass is 32.1. The van der Waals surface area contributed by atoms with E-state index in [0.29, 0.717) is 6.10 Å².